The van der Waals surface area contributed by atoms with Crippen LogP contribution in [0.15, 0.2) is 29.6 Å². The van der Waals surface area contributed by atoms with Crippen molar-refractivity contribution in [3.05, 3.63) is 30.1 Å². The van der Waals surface area contributed by atoms with E-state index in [2.05, 4.69) is 10.1 Å². The van der Waals surface area contributed by atoms with Crippen LogP contribution in [0.2, 0.25) is 0 Å². The summed E-state index contributed by atoms with van der Waals surface area (Å²) < 4.78 is 0. The van der Waals surface area contributed by atoms with Crippen molar-refractivity contribution in [2.45, 2.75) is 0 Å². The highest BCUT2D eigenvalue weighted by molar-refractivity contribution is 5.78. The molecule has 0 aliphatic carbocycles. The summed E-state index contributed by atoms with van der Waals surface area (Å²) in [6.45, 7) is 0. The number of nitrogens with two attached hydrogens (primary N) is 1. The molecule has 3 heteroatoms. The molecule has 2 N–H and O–H groups in total. The van der Waals surface area contributed by atoms with E-state index in [-0.39, 0.29) is 0 Å². The van der Waals surface area contributed by atoms with Crippen LogP contribution in [-0.2, 0) is 0 Å². The maximum Gasteiger partial charge on any atom is 0.0553 e. The van der Waals surface area contributed by atoms with Gasteiger partial charge in [-0.3, -0.25) is 4.98 Å². The van der Waals surface area contributed by atoms with E-state index in [4.69, 9.17) is 5.84 Å². The Kier molecular flexibility index (Phi) is 1.80. The van der Waals surface area contributed by atoms with Crippen LogP contribution in [0, 0.1) is 0 Å². The highest BCUT2D eigenvalue weighted by Crippen LogP contribution is 1.88. The first kappa shape index (κ1) is 5.75. The molecule has 3 nitrogen and oxygen atoms in total. The Hall–Kier alpha value is -1.38. The molecular weight excluding hydrogens is 114 g/mol. The van der Waals surface area contributed by atoms with Crippen LogP contribution in [0.5, 0.6) is 0 Å². The van der Waals surface area contributed by atoms with E-state index in [1.54, 1.807) is 18.6 Å². The first-order chi connectivity index (χ1) is 4.43. The average Bonchev–Trinajstić information content (AvgIpc) is 1.91. The van der Waals surface area contributed by atoms with Crippen molar-refractivity contribution < 1.29 is 0 Å². The normalized spacial score (nSPS) is 10.2. The molecule has 46 valence electrons. The number of hydrogen-bond acceptors (Lipinski definition) is 3. The van der Waals surface area contributed by atoms with Crippen molar-refractivity contribution >= 4 is 6.21 Å². The zero-order chi connectivity index (χ0) is 6.53. The summed E-state index contributed by atoms with van der Waals surface area (Å²) in [7, 11) is 0. The van der Waals surface area contributed by atoms with Gasteiger partial charge in [0.2, 0.25) is 0 Å². The lowest BCUT2D eigenvalue weighted by Gasteiger charge is -1.85. The van der Waals surface area contributed by atoms with Crippen LogP contribution in [0.1, 0.15) is 5.56 Å². The van der Waals surface area contributed by atoms with E-state index >= 15 is 0 Å². The molecule has 0 amide bonds. The number of aromatic nitrogens is 1. The SMILES string of the molecule is N/N=C/c1cccnc1. The summed E-state index contributed by atoms with van der Waals surface area (Å²) in [6.07, 6.45) is 4.94. The van der Waals surface area contributed by atoms with E-state index in [1.165, 1.54) is 0 Å². The van der Waals surface area contributed by atoms with Gasteiger partial charge in [-0.1, -0.05) is 6.07 Å². The second-order valence-electron chi connectivity index (χ2n) is 1.56. The fourth-order valence-electron chi connectivity index (χ4n) is 0.538. The molecule has 0 unspecified atom stereocenters. The fourth-order valence-corrected chi connectivity index (χ4v) is 0.538. The molecule has 0 fully saturated rings. The Morgan fingerprint density at radius 1 is 1.67 bits per heavy atom. The minimum absolute atomic E-state index is 0.917. The predicted octanol–water partition coefficient (Wildman–Crippen LogP) is 0.374. The second-order valence-corrected chi connectivity index (χ2v) is 1.56. The van der Waals surface area contributed by atoms with E-state index in [0.29, 0.717) is 0 Å². The van der Waals surface area contributed by atoms with Gasteiger partial charge >= 0.3 is 0 Å². The fraction of sp³-hybridized carbons (Fsp3) is 0. The lowest BCUT2D eigenvalue weighted by atomic mass is 10.3. The summed E-state index contributed by atoms with van der Waals surface area (Å²) in [5.41, 5.74) is 0.917. The molecule has 1 rings (SSSR count). The lowest BCUT2D eigenvalue weighted by molar-refractivity contribution is 1.25. The molecule has 0 bridgehead atoms. The molecule has 1 heterocycles. The van der Waals surface area contributed by atoms with Gasteiger partial charge in [-0.2, -0.15) is 5.10 Å². The highest BCUT2D eigenvalue weighted by Gasteiger charge is 1.80. The van der Waals surface area contributed by atoms with E-state index in [1.807, 2.05) is 12.1 Å². The molecule has 0 aromatic carbocycles. The Labute approximate surface area is 53.2 Å². The first-order valence-corrected chi connectivity index (χ1v) is 2.57. The van der Waals surface area contributed by atoms with Gasteiger partial charge < -0.3 is 5.84 Å². The number of rotatable bonds is 1. The molecular formula is C6H7N3. The maximum atomic E-state index is 4.90. The van der Waals surface area contributed by atoms with Gasteiger partial charge in [-0.15, -0.1) is 0 Å². The summed E-state index contributed by atoms with van der Waals surface area (Å²) in [6, 6.07) is 3.71. The van der Waals surface area contributed by atoms with Gasteiger partial charge in [0.15, 0.2) is 0 Å². The van der Waals surface area contributed by atoms with Gasteiger partial charge in [0, 0.05) is 18.0 Å². The summed E-state index contributed by atoms with van der Waals surface area (Å²) in [4.78, 5) is 3.86. The molecule has 0 saturated carbocycles. The Balaban J connectivity index is 2.85. The predicted molar refractivity (Wildman–Crippen MR) is 36.0 cm³/mol. The standard InChI is InChI=1S/C6H7N3/c7-9-5-6-2-1-3-8-4-6/h1-5H,7H2/b9-5+. The van der Waals surface area contributed by atoms with Crippen LogP contribution in [-0.4, -0.2) is 11.2 Å². The van der Waals surface area contributed by atoms with Crippen molar-refractivity contribution in [2.24, 2.45) is 10.9 Å². The van der Waals surface area contributed by atoms with Crippen LogP contribution in [0.3, 0.4) is 0 Å². The van der Waals surface area contributed by atoms with Crippen LogP contribution >= 0.6 is 0 Å². The van der Waals surface area contributed by atoms with Crippen LogP contribution in [0.25, 0.3) is 0 Å². The Morgan fingerprint density at radius 3 is 3.11 bits per heavy atom. The summed E-state index contributed by atoms with van der Waals surface area (Å²) >= 11 is 0. The lowest BCUT2D eigenvalue weighted by Crippen LogP contribution is -1.85. The first-order valence-electron chi connectivity index (χ1n) is 2.57. The quantitative estimate of drug-likeness (QED) is 0.331. The Morgan fingerprint density at radius 2 is 2.56 bits per heavy atom. The van der Waals surface area contributed by atoms with Crippen LogP contribution < -0.4 is 5.84 Å². The summed E-state index contributed by atoms with van der Waals surface area (Å²) in [5.74, 6) is 4.90. The Bertz CT molecular complexity index is 193. The van der Waals surface area contributed by atoms with Gasteiger partial charge in [0.25, 0.3) is 0 Å². The minimum Gasteiger partial charge on any atom is -0.323 e. The minimum atomic E-state index is 0.917. The van der Waals surface area contributed by atoms with Gasteiger partial charge in [0.05, 0.1) is 6.21 Å². The van der Waals surface area contributed by atoms with Crippen molar-refractivity contribution in [3.63, 3.8) is 0 Å². The number of pyridine rings is 1. The molecule has 9 heavy (non-hydrogen) atoms. The average molecular weight is 121 g/mol. The largest absolute Gasteiger partial charge is 0.323 e. The van der Waals surface area contributed by atoms with E-state index in [9.17, 15) is 0 Å². The van der Waals surface area contributed by atoms with Gasteiger partial charge in [-0.05, 0) is 6.07 Å². The van der Waals surface area contributed by atoms with E-state index in [0.717, 1.165) is 5.56 Å². The zero-order valence-electron chi connectivity index (χ0n) is 4.86. The number of nitrogens with zero attached hydrogens (tertiary/aromatic N) is 2. The number of hydrazone groups is 1. The van der Waals surface area contributed by atoms with Crippen LogP contribution in [0.4, 0.5) is 0 Å². The third-order valence-corrected chi connectivity index (χ3v) is 0.908. The third-order valence-electron chi connectivity index (χ3n) is 0.908. The third kappa shape index (κ3) is 1.53. The monoisotopic (exact) mass is 121 g/mol. The molecule has 0 atom stereocenters. The molecule has 0 spiro atoms. The highest BCUT2D eigenvalue weighted by atomic mass is 15.1. The van der Waals surface area contributed by atoms with Crippen molar-refractivity contribution in [1.82, 2.24) is 4.98 Å². The molecule has 0 radical (unpaired) electrons. The molecule has 0 aliphatic rings. The van der Waals surface area contributed by atoms with Crippen molar-refractivity contribution in [2.75, 3.05) is 0 Å². The van der Waals surface area contributed by atoms with Gasteiger partial charge in [0.1, 0.15) is 0 Å². The molecule has 0 aliphatic heterocycles. The molecule has 1 aromatic heterocycles. The van der Waals surface area contributed by atoms with Crippen molar-refractivity contribution in [1.29, 1.82) is 0 Å². The van der Waals surface area contributed by atoms with Crippen molar-refractivity contribution in [3.8, 4) is 0 Å². The smallest absolute Gasteiger partial charge is 0.0553 e. The molecule has 0 saturated heterocycles. The number of hydrogen-bond donors (Lipinski definition) is 1. The topological polar surface area (TPSA) is 51.3 Å². The van der Waals surface area contributed by atoms with E-state index < -0.39 is 0 Å². The second kappa shape index (κ2) is 2.81. The maximum absolute atomic E-state index is 4.90. The van der Waals surface area contributed by atoms with Gasteiger partial charge in [-0.25, -0.2) is 0 Å². The zero-order valence-corrected chi connectivity index (χ0v) is 4.86. The summed E-state index contributed by atoms with van der Waals surface area (Å²) in [5, 5.41) is 3.34. The molecule has 1 aromatic rings.